The van der Waals surface area contributed by atoms with Gasteiger partial charge in [0.05, 0.1) is 20.7 Å². The van der Waals surface area contributed by atoms with E-state index in [0.29, 0.717) is 9.13 Å². The van der Waals surface area contributed by atoms with E-state index in [0.717, 1.165) is 0 Å². The molecule has 0 atom stereocenters. The van der Waals surface area contributed by atoms with E-state index in [2.05, 4.69) is 0 Å². The van der Waals surface area contributed by atoms with Crippen molar-refractivity contribution in [2.45, 2.75) is 6.61 Å². The lowest BCUT2D eigenvalue weighted by Gasteiger charge is -1.99. The summed E-state index contributed by atoms with van der Waals surface area (Å²) in [7, 11) is 0. The molecule has 0 amide bonds. The van der Waals surface area contributed by atoms with Gasteiger partial charge >= 0.3 is 0 Å². The Hall–Kier alpha value is -0.690. The number of halogens is 1. The molecule has 0 saturated heterocycles. The summed E-state index contributed by atoms with van der Waals surface area (Å²) in [5.74, 6) is 0. The van der Waals surface area contributed by atoms with Crippen LogP contribution in [-0.2, 0) is 6.61 Å². The van der Waals surface area contributed by atoms with Crippen LogP contribution in [0.3, 0.4) is 0 Å². The minimum Gasteiger partial charge on any atom is -0.391 e. The second-order valence-electron chi connectivity index (χ2n) is 2.16. The van der Waals surface area contributed by atoms with Crippen molar-refractivity contribution in [3.05, 3.63) is 37.4 Å². The predicted molar refractivity (Wildman–Crippen MR) is 51.7 cm³/mol. The minimum atomic E-state index is -0.479. The molecule has 0 spiro atoms. The van der Waals surface area contributed by atoms with Crippen molar-refractivity contribution in [3.8, 4) is 0 Å². The molecule has 5 heteroatoms. The molecule has 12 heavy (non-hydrogen) atoms. The van der Waals surface area contributed by atoms with Crippen LogP contribution in [0.25, 0.3) is 0 Å². The number of benzene rings is 1. The normalized spacial score (nSPS) is 9.83. The summed E-state index contributed by atoms with van der Waals surface area (Å²) in [5.41, 5.74) is 0.354. The highest BCUT2D eigenvalue weighted by Crippen LogP contribution is 2.24. The van der Waals surface area contributed by atoms with Crippen LogP contribution in [0.1, 0.15) is 5.56 Å². The van der Waals surface area contributed by atoms with E-state index in [1.54, 1.807) is 18.2 Å². The smallest absolute Gasteiger partial charge is 0.288 e. The Morgan fingerprint density at radius 2 is 2.25 bits per heavy atom. The van der Waals surface area contributed by atoms with Crippen LogP contribution in [0.5, 0.6) is 0 Å². The molecule has 1 rings (SSSR count). The van der Waals surface area contributed by atoms with Crippen molar-refractivity contribution in [3.63, 3.8) is 0 Å². The quantitative estimate of drug-likeness (QED) is 0.509. The first kappa shape index (κ1) is 9.40. The second kappa shape index (κ2) is 3.81. The van der Waals surface area contributed by atoms with E-state index >= 15 is 0 Å². The lowest BCUT2D eigenvalue weighted by molar-refractivity contribution is -0.386. The zero-order valence-corrected chi connectivity index (χ0v) is 8.19. The molecular formula is C7H6INO3. The standard InChI is InChI=1S/C7H6INO3/c8-6-3-1-2-5(4-10)7(6)9(11)12/h1-3,10H,4H2. The molecule has 0 saturated carbocycles. The molecule has 0 bridgehead atoms. The zero-order valence-electron chi connectivity index (χ0n) is 6.03. The van der Waals surface area contributed by atoms with Gasteiger partial charge in [0, 0.05) is 0 Å². The van der Waals surface area contributed by atoms with Crippen molar-refractivity contribution in [2.75, 3.05) is 0 Å². The van der Waals surface area contributed by atoms with E-state index in [9.17, 15) is 10.1 Å². The third kappa shape index (κ3) is 1.72. The van der Waals surface area contributed by atoms with Gasteiger partial charge in [-0.15, -0.1) is 0 Å². The fourth-order valence-corrected chi connectivity index (χ4v) is 1.64. The summed E-state index contributed by atoms with van der Waals surface area (Å²) >= 11 is 1.87. The van der Waals surface area contributed by atoms with E-state index in [4.69, 9.17) is 5.11 Å². The monoisotopic (exact) mass is 279 g/mol. The Morgan fingerprint density at radius 3 is 2.67 bits per heavy atom. The average Bonchev–Trinajstić information content (AvgIpc) is 2.03. The van der Waals surface area contributed by atoms with Crippen molar-refractivity contribution in [1.82, 2.24) is 0 Å². The summed E-state index contributed by atoms with van der Waals surface area (Å²) in [6.07, 6.45) is 0. The summed E-state index contributed by atoms with van der Waals surface area (Å²) in [4.78, 5) is 10.0. The Kier molecular flexibility index (Phi) is 2.99. The Labute approximate surface area is 82.5 Å². The molecule has 0 radical (unpaired) electrons. The fraction of sp³-hybridized carbons (Fsp3) is 0.143. The maximum Gasteiger partial charge on any atom is 0.288 e. The van der Waals surface area contributed by atoms with Crippen molar-refractivity contribution < 1.29 is 10.0 Å². The summed E-state index contributed by atoms with van der Waals surface area (Å²) in [6.45, 7) is -0.298. The molecule has 0 aliphatic carbocycles. The van der Waals surface area contributed by atoms with Gasteiger partial charge in [0.2, 0.25) is 0 Å². The van der Waals surface area contributed by atoms with E-state index in [1.807, 2.05) is 22.6 Å². The van der Waals surface area contributed by atoms with Gasteiger partial charge < -0.3 is 5.11 Å². The molecule has 0 heterocycles. The molecule has 0 fully saturated rings. The lowest BCUT2D eigenvalue weighted by atomic mass is 10.2. The van der Waals surface area contributed by atoms with Crippen LogP contribution in [0.4, 0.5) is 5.69 Å². The van der Waals surface area contributed by atoms with Gasteiger partial charge in [-0.3, -0.25) is 10.1 Å². The number of aliphatic hydroxyl groups excluding tert-OH is 1. The minimum absolute atomic E-state index is 0.000556. The van der Waals surface area contributed by atoms with Crippen molar-refractivity contribution >= 4 is 28.3 Å². The molecule has 4 nitrogen and oxygen atoms in total. The molecule has 1 N–H and O–H groups in total. The number of aliphatic hydroxyl groups is 1. The Morgan fingerprint density at radius 1 is 1.58 bits per heavy atom. The molecular weight excluding hydrogens is 273 g/mol. The largest absolute Gasteiger partial charge is 0.391 e. The molecule has 0 unspecified atom stereocenters. The molecule has 0 aliphatic rings. The van der Waals surface area contributed by atoms with Crippen LogP contribution in [0.2, 0.25) is 0 Å². The highest BCUT2D eigenvalue weighted by molar-refractivity contribution is 14.1. The van der Waals surface area contributed by atoms with Gasteiger partial charge in [0.15, 0.2) is 0 Å². The Bertz CT molecular complexity index is 314. The van der Waals surface area contributed by atoms with Gasteiger partial charge in [-0.05, 0) is 34.7 Å². The summed E-state index contributed by atoms with van der Waals surface area (Å²) in [5, 5.41) is 19.3. The van der Waals surface area contributed by atoms with Gasteiger partial charge in [0.25, 0.3) is 5.69 Å². The number of hydrogen-bond donors (Lipinski definition) is 1. The predicted octanol–water partition coefficient (Wildman–Crippen LogP) is 1.69. The fourth-order valence-electron chi connectivity index (χ4n) is 0.892. The first-order valence-corrected chi connectivity index (χ1v) is 4.27. The number of para-hydroxylation sites is 1. The third-order valence-electron chi connectivity index (χ3n) is 1.42. The van der Waals surface area contributed by atoms with Gasteiger partial charge in [-0.1, -0.05) is 6.07 Å². The van der Waals surface area contributed by atoms with E-state index in [-0.39, 0.29) is 12.3 Å². The van der Waals surface area contributed by atoms with E-state index in [1.165, 1.54) is 0 Å². The first-order valence-electron chi connectivity index (χ1n) is 3.19. The highest BCUT2D eigenvalue weighted by atomic mass is 127. The van der Waals surface area contributed by atoms with Crippen molar-refractivity contribution in [2.24, 2.45) is 0 Å². The van der Waals surface area contributed by atoms with Crippen LogP contribution >= 0.6 is 22.6 Å². The number of nitro benzene ring substituents is 1. The maximum absolute atomic E-state index is 10.5. The zero-order chi connectivity index (χ0) is 9.14. The SMILES string of the molecule is O=[N+]([O-])c1c(I)cccc1CO. The van der Waals surface area contributed by atoms with Gasteiger partial charge in [-0.2, -0.15) is 0 Å². The van der Waals surface area contributed by atoms with Crippen LogP contribution < -0.4 is 0 Å². The highest BCUT2D eigenvalue weighted by Gasteiger charge is 2.16. The summed E-state index contributed by atoms with van der Waals surface area (Å²) < 4.78 is 0.546. The van der Waals surface area contributed by atoms with Crippen LogP contribution in [0.15, 0.2) is 18.2 Å². The maximum atomic E-state index is 10.5. The van der Waals surface area contributed by atoms with Crippen LogP contribution in [-0.4, -0.2) is 10.0 Å². The van der Waals surface area contributed by atoms with E-state index < -0.39 is 4.92 Å². The second-order valence-corrected chi connectivity index (χ2v) is 3.32. The third-order valence-corrected chi connectivity index (χ3v) is 2.29. The van der Waals surface area contributed by atoms with Crippen molar-refractivity contribution in [1.29, 1.82) is 0 Å². The first-order chi connectivity index (χ1) is 5.66. The van der Waals surface area contributed by atoms with Gasteiger partial charge in [0.1, 0.15) is 0 Å². The molecule has 64 valence electrons. The average molecular weight is 279 g/mol. The number of nitro groups is 1. The Balaban J connectivity index is 3.29. The molecule has 1 aromatic carbocycles. The summed E-state index contributed by atoms with van der Waals surface area (Å²) in [6, 6.07) is 4.86. The van der Waals surface area contributed by atoms with Gasteiger partial charge in [-0.25, -0.2) is 0 Å². The topological polar surface area (TPSA) is 63.4 Å². The number of nitrogens with zero attached hydrogens (tertiary/aromatic N) is 1. The lowest BCUT2D eigenvalue weighted by Crippen LogP contribution is -1.97. The number of rotatable bonds is 2. The molecule has 0 aliphatic heterocycles. The molecule has 0 aromatic heterocycles. The number of hydrogen-bond acceptors (Lipinski definition) is 3. The van der Waals surface area contributed by atoms with Crippen LogP contribution in [0, 0.1) is 13.7 Å². The molecule has 1 aromatic rings.